The Morgan fingerprint density at radius 1 is 1.39 bits per heavy atom. The zero-order valence-corrected chi connectivity index (χ0v) is 10.6. The summed E-state index contributed by atoms with van der Waals surface area (Å²) in [6, 6.07) is 4.92. The highest BCUT2D eigenvalue weighted by molar-refractivity contribution is 5.56. The van der Waals surface area contributed by atoms with Crippen LogP contribution in [-0.4, -0.2) is 16.7 Å². The molecule has 2 aromatic rings. The summed E-state index contributed by atoms with van der Waals surface area (Å²) >= 11 is 0. The summed E-state index contributed by atoms with van der Waals surface area (Å²) in [6.45, 7) is 4.14. The fourth-order valence-corrected chi connectivity index (χ4v) is 1.69. The fraction of sp³-hybridized carbons (Fsp3) is 0.308. The number of nitrogens with zero attached hydrogens (tertiary/aromatic N) is 2. The standard InChI is InChI=1S/C13H16FN3O/c1-9(2)17-7-6-15-13(17)16-10-4-5-11(14)12(8-10)18-3/h4-9H,1-3H3,(H,15,16). The number of imidazole rings is 1. The summed E-state index contributed by atoms with van der Waals surface area (Å²) in [5.74, 6) is 0.552. The number of hydrogen-bond acceptors (Lipinski definition) is 3. The molecule has 0 aliphatic heterocycles. The lowest BCUT2D eigenvalue weighted by molar-refractivity contribution is 0.387. The second-order valence-corrected chi connectivity index (χ2v) is 4.23. The van der Waals surface area contributed by atoms with Gasteiger partial charge in [-0.3, -0.25) is 0 Å². The zero-order chi connectivity index (χ0) is 13.1. The molecule has 2 rings (SSSR count). The average molecular weight is 249 g/mol. The maximum absolute atomic E-state index is 13.3. The van der Waals surface area contributed by atoms with E-state index in [2.05, 4.69) is 24.1 Å². The van der Waals surface area contributed by atoms with Crippen LogP contribution in [0, 0.1) is 5.82 Å². The molecule has 0 amide bonds. The van der Waals surface area contributed by atoms with Gasteiger partial charge in [0, 0.05) is 30.2 Å². The Bertz CT molecular complexity index is 537. The third-order valence-electron chi connectivity index (χ3n) is 2.63. The van der Waals surface area contributed by atoms with E-state index in [0.717, 1.165) is 11.6 Å². The van der Waals surface area contributed by atoms with Gasteiger partial charge < -0.3 is 14.6 Å². The summed E-state index contributed by atoms with van der Waals surface area (Å²) in [4.78, 5) is 4.23. The number of anilines is 2. The summed E-state index contributed by atoms with van der Waals surface area (Å²) in [5, 5.41) is 3.14. The normalized spacial score (nSPS) is 10.7. The number of rotatable bonds is 4. The van der Waals surface area contributed by atoms with Crippen molar-refractivity contribution >= 4 is 11.6 Å². The van der Waals surface area contributed by atoms with Gasteiger partial charge in [0.15, 0.2) is 11.6 Å². The molecule has 5 heteroatoms. The van der Waals surface area contributed by atoms with E-state index >= 15 is 0 Å². The molecule has 1 N–H and O–H groups in total. The molecule has 1 aromatic heterocycles. The van der Waals surface area contributed by atoms with Crippen molar-refractivity contribution in [2.45, 2.75) is 19.9 Å². The maximum Gasteiger partial charge on any atom is 0.207 e. The van der Waals surface area contributed by atoms with Crippen LogP contribution in [0.15, 0.2) is 30.6 Å². The molecule has 1 aromatic carbocycles. The van der Waals surface area contributed by atoms with E-state index in [4.69, 9.17) is 4.74 Å². The Hall–Kier alpha value is -2.04. The van der Waals surface area contributed by atoms with Crippen LogP contribution in [0.3, 0.4) is 0 Å². The van der Waals surface area contributed by atoms with Crippen molar-refractivity contribution < 1.29 is 9.13 Å². The number of aromatic nitrogens is 2. The molecule has 0 spiro atoms. The third kappa shape index (κ3) is 2.45. The Morgan fingerprint density at radius 3 is 2.83 bits per heavy atom. The van der Waals surface area contributed by atoms with Crippen molar-refractivity contribution in [1.29, 1.82) is 0 Å². The summed E-state index contributed by atoms with van der Waals surface area (Å²) in [5.41, 5.74) is 0.737. The van der Waals surface area contributed by atoms with Crippen molar-refractivity contribution in [3.05, 3.63) is 36.4 Å². The van der Waals surface area contributed by atoms with E-state index in [-0.39, 0.29) is 11.6 Å². The number of nitrogens with one attached hydrogen (secondary N) is 1. The second kappa shape index (κ2) is 5.08. The Balaban J connectivity index is 2.26. The first-order valence-corrected chi connectivity index (χ1v) is 5.75. The average Bonchev–Trinajstić information content (AvgIpc) is 2.80. The molecule has 0 radical (unpaired) electrons. The number of hydrogen-bond donors (Lipinski definition) is 1. The van der Waals surface area contributed by atoms with Crippen molar-refractivity contribution in [3.8, 4) is 5.75 Å². The molecule has 0 atom stereocenters. The minimum atomic E-state index is -0.379. The lowest BCUT2D eigenvalue weighted by Gasteiger charge is -2.13. The van der Waals surface area contributed by atoms with E-state index in [0.29, 0.717) is 6.04 Å². The minimum absolute atomic E-state index is 0.211. The molecule has 0 saturated carbocycles. The minimum Gasteiger partial charge on any atom is -0.494 e. The Labute approximate surface area is 105 Å². The van der Waals surface area contributed by atoms with E-state index in [9.17, 15) is 4.39 Å². The maximum atomic E-state index is 13.3. The van der Waals surface area contributed by atoms with Gasteiger partial charge in [0.25, 0.3) is 0 Å². The van der Waals surface area contributed by atoms with Crippen LogP contribution in [0.4, 0.5) is 16.0 Å². The smallest absolute Gasteiger partial charge is 0.207 e. The molecule has 96 valence electrons. The molecule has 0 unspecified atom stereocenters. The number of methoxy groups -OCH3 is 1. The molecule has 1 heterocycles. The van der Waals surface area contributed by atoms with Crippen molar-refractivity contribution in [3.63, 3.8) is 0 Å². The first-order valence-electron chi connectivity index (χ1n) is 5.75. The predicted molar refractivity (Wildman–Crippen MR) is 68.8 cm³/mol. The molecule has 0 bridgehead atoms. The first-order chi connectivity index (χ1) is 8.61. The van der Waals surface area contributed by atoms with Gasteiger partial charge in [-0.1, -0.05) is 0 Å². The van der Waals surface area contributed by atoms with Crippen LogP contribution >= 0.6 is 0 Å². The van der Waals surface area contributed by atoms with E-state index in [1.165, 1.54) is 13.2 Å². The second-order valence-electron chi connectivity index (χ2n) is 4.23. The van der Waals surface area contributed by atoms with E-state index in [1.54, 1.807) is 18.3 Å². The van der Waals surface area contributed by atoms with Gasteiger partial charge in [0.2, 0.25) is 5.95 Å². The van der Waals surface area contributed by atoms with Crippen LogP contribution in [0.1, 0.15) is 19.9 Å². The van der Waals surface area contributed by atoms with Gasteiger partial charge in [-0.15, -0.1) is 0 Å². The van der Waals surface area contributed by atoms with Crippen LogP contribution in [0.5, 0.6) is 5.75 Å². The number of ether oxygens (including phenoxy) is 1. The van der Waals surface area contributed by atoms with Gasteiger partial charge >= 0.3 is 0 Å². The largest absolute Gasteiger partial charge is 0.494 e. The highest BCUT2D eigenvalue weighted by Crippen LogP contribution is 2.24. The van der Waals surface area contributed by atoms with Crippen LogP contribution in [0.25, 0.3) is 0 Å². The lowest BCUT2D eigenvalue weighted by Crippen LogP contribution is -2.05. The summed E-state index contributed by atoms with van der Waals surface area (Å²) < 4.78 is 20.2. The van der Waals surface area contributed by atoms with Gasteiger partial charge in [0.05, 0.1) is 7.11 Å². The molecular formula is C13H16FN3O. The van der Waals surface area contributed by atoms with Crippen molar-refractivity contribution in [1.82, 2.24) is 9.55 Å². The van der Waals surface area contributed by atoms with Gasteiger partial charge in [-0.2, -0.15) is 0 Å². The van der Waals surface area contributed by atoms with Gasteiger partial charge in [-0.25, -0.2) is 9.37 Å². The zero-order valence-electron chi connectivity index (χ0n) is 10.6. The van der Waals surface area contributed by atoms with Crippen molar-refractivity contribution in [2.75, 3.05) is 12.4 Å². The van der Waals surface area contributed by atoms with Crippen molar-refractivity contribution in [2.24, 2.45) is 0 Å². The van der Waals surface area contributed by atoms with Crippen LogP contribution in [0.2, 0.25) is 0 Å². The van der Waals surface area contributed by atoms with E-state index in [1.807, 2.05) is 10.8 Å². The molecule has 4 nitrogen and oxygen atoms in total. The third-order valence-corrected chi connectivity index (χ3v) is 2.63. The quantitative estimate of drug-likeness (QED) is 0.903. The molecular weight excluding hydrogens is 233 g/mol. The van der Waals surface area contributed by atoms with Crippen LogP contribution < -0.4 is 10.1 Å². The molecule has 0 fully saturated rings. The summed E-state index contributed by atoms with van der Waals surface area (Å²) in [7, 11) is 1.44. The topological polar surface area (TPSA) is 39.1 Å². The predicted octanol–water partition coefficient (Wildman–Crippen LogP) is 3.36. The fourth-order valence-electron chi connectivity index (χ4n) is 1.69. The van der Waals surface area contributed by atoms with Crippen LogP contribution in [-0.2, 0) is 0 Å². The molecule has 0 aliphatic rings. The number of halogens is 1. The molecule has 0 saturated heterocycles. The SMILES string of the molecule is COc1cc(Nc2nccn2C(C)C)ccc1F. The lowest BCUT2D eigenvalue weighted by atomic mass is 10.3. The number of benzene rings is 1. The Kier molecular flexibility index (Phi) is 3.50. The highest BCUT2D eigenvalue weighted by Gasteiger charge is 2.08. The highest BCUT2D eigenvalue weighted by atomic mass is 19.1. The van der Waals surface area contributed by atoms with E-state index < -0.39 is 0 Å². The Morgan fingerprint density at radius 2 is 2.17 bits per heavy atom. The van der Waals surface area contributed by atoms with Gasteiger partial charge in [-0.05, 0) is 26.0 Å². The molecule has 18 heavy (non-hydrogen) atoms. The molecule has 0 aliphatic carbocycles. The monoisotopic (exact) mass is 249 g/mol. The first kappa shape index (κ1) is 12.4. The summed E-state index contributed by atoms with van der Waals surface area (Å²) in [6.07, 6.45) is 3.62. The van der Waals surface area contributed by atoms with Gasteiger partial charge in [0.1, 0.15) is 0 Å².